The summed E-state index contributed by atoms with van der Waals surface area (Å²) >= 11 is 0. The highest BCUT2D eigenvalue weighted by Crippen LogP contribution is 2.25. The molecule has 1 saturated heterocycles. The summed E-state index contributed by atoms with van der Waals surface area (Å²) in [4.78, 5) is 36.9. The molecule has 0 radical (unpaired) electrons. The smallest absolute Gasteiger partial charge is 0.410 e. The van der Waals surface area contributed by atoms with Crippen LogP contribution >= 0.6 is 0 Å². The van der Waals surface area contributed by atoms with Crippen molar-refractivity contribution in [2.75, 3.05) is 13.1 Å². The first-order valence-corrected chi connectivity index (χ1v) is 8.44. The number of carbonyl (C=O) groups is 3. The Bertz CT molecular complexity index is 562. The Hall–Kier alpha value is -2.17. The number of hydrogen-bond donors (Lipinski definition) is 0. The number of rotatable bonds is 6. The first kappa shape index (κ1) is 18.2. The van der Waals surface area contributed by atoms with E-state index in [0.717, 1.165) is 18.4 Å². The first-order chi connectivity index (χ1) is 11.5. The molecule has 1 aromatic rings. The van der Waals surface area contributed by atoms with Crippen LogP contribution in [-0.4, -0.2) is 35.6 Å². The molecular formula is C19H25NO4. The maximum Gasteiger partial charge on any atom is 0.410 e. The van der Waals surface area contributed by atoms with Crippen molar-refractivity contribution >= 4 is 17.7 Å². The van der Waals surface area contributed by atoms with E-state index in [1.807, 2.05) is 30.3 Å². The summed E-state index contributed by atoms with van der Waals surface area (Å²) in [7, 11) is 0. The van der Waals surface area contributed by atoms with Gasteiger partial charge in [0.25, 0.3) is 0 Å². The van der Waals surface area contributed by atoms with Gasteiger partial charge in [-0.15, -0.1) is 0 Å². The molecule has 5 heteroatoms. The molecule has 5 nitrogen and oxygen atoms in total. The highest BCUT2D eigenvalue weighted by molar-refractivity contribution is 6.00. The third-order valence-corrected chi connectivity index (χ3v) is 4.63. The number of carbonyl (C=O) groups excluding carboxylic acids is 3. The van der Waals surface area contributed by atoms with Gasteiger partial charge >= 0.3 is 6.09 Å². The summed E-state index contributed by atoms with van der Waals surface area (Å²) in [5, 5.41) is 0. The molecule has 0 bridgehead atoms. The van der Waals surface area contributed by atoms with Gasteiger partial charge in [-0.2, -0.15) is 0 Å². The number of hydrogen-bond acceptors (Lipinski definition) is 4. The van der Waals surface area contributed by atoms with Gasteiger partial charge in [0.05, 0.1) is 5.92 Å². The molecular weight excluding hydrogens is 306 g/mol. The molecule has 1 heterocycles. The van der Waals surface area contributed by atoms with E-state index in [2.05, 4.69) is 0 Å². The van der Waals surface area contributed by atoms with Crippen molar-refractivity contribution in [3.8, 4) is 0 Å². The van der Waals surface area contributed by atoms with Gasteiger partial charge in [-0.3, -0.25) is 9.59 Å². The fourth-order valence-electron chi connectivity index (χ4n) is 3.11. The van der Waals surface area contributed by atoms with Crippen LogP contribution in [0.2, 0.25) is 0 Å². The van der Waals surface area contributed by atoms with Crippen molar-refractivity contribution in [1.82, 2.24) is 4.90 Å². The second kappa shape index (κ2) is 8.62. The molecule has 1 aliphatic heterocycles. The van der Waals surface area contributed by atoms with E-state index in [-0.39, 0.29) is 24.3 Å². The Kier molecular flexibility index (Phi) is 6.53. The highest BCUT2D eigenvalue weighted by atomic mass is 16.6. The molecule has 24 heavy (non-hydrogen) atoms. The van der Waals surface area contributed by atoms with Gasteiger partial charge in [0.2, 0.25) is 0 Å². The van der Waals surface area contributed by atoms with E-state index in [4.69, 9.17) is 4.74 Å². The minimum Gasteiger partial charge on any atom is -0.445 e. The molecule has 130 valence electrons. The molecule has 0 aromatic heterocycles. The van der Waals surface area contributed by atoms with Crippen LogP contribution in [0.1, 0.15) is 38.7 Å². The molecule has 1 amide bonds. The number of benzene rings is 1. The van der Waals surface area contributed by atoms with Crippen LogP contribution in [0.4, 0.5) is 4.79 Å². The second-order valence-electron chi connectivity index (χ2n) is 6.48. The van der Waals surface area contributed by atoms with Gasteiger partial charge in [-0.25, -0.2) is 4.79 Å². The van der Waals surface area contributed by atoms with Crippen LogP contribution in [0.25, 0.3) is 0 Å². The Morgan fingerprint density at radius 1 is 1.08 bits per heavy atom. The van der Waals surface area contributed by atoms with Crippen molar-refractivity contribution < 1.29 is 19.1 Å². The van der Waals surface area contributed by atoms with Crippen LogP contribution in [0.3, 0.4) is 0 Å². The molecule has 0 unspecified atom stereocenters. The minimum atomic E-state index is -0.494. The summed E-state index contributed by atoms with van der Waals surface area (Å²) in [6.45, 7) is 4.45. The number of nitrogens with zero attached hydrogens (tertiary/aromatic N) is 1. The van der Waals surface area contributed by atoms with Crippen molar-refractivity contribution in [3.05, 3.63) is 35.9 Å². The molecule has 0 spiro atoms. The van der Waals surface area contributed by atoms with Gasteiger partial charge in [-0.1, -0.05) is 30.3 Å². The molecule has 1 aliphatic rings. The van der Waals surface area contributed by atoms with Crippen molar-refractivity contribution in [2.24, 2.45) is 11.8 Å². The number of piperidine rings is 1. The third kappa shape index (κ3) is 5.18. The fourth-order valence-corrected chi connectivity index (χ4v) is 3.11. The second-order valence-corrected chi connectivity index (χ2v) is 6.48. The zero-order chi connectivity index (χ0) is 17.5. The number of amides is 1. The Balaban J connectivity index is 1.76. The topological polar surface area (TPSA) is 63.7 Å². The van der Waals surface area contributed by atoms with E-state index in [1.165, 1.54) is 13.8 Å². The lowest BCUT2D eigenvalue weighted by Crippen LogP contribution is -2.39. The lowest BCUT2D eigenvalue weighted by molar-refractivity contribution is -0.131. The standard InChI is InChI=1S/C19H25NO4/c1-14(21)18(15(2)22)12-16-8-10-20(11-9-16)19(23)24-13-17-6-4-3-5-7-17/h3-7,16,18H,8-13H2,1-2H3. The van der Waals surface area contributed by atoms with E-state index in [0.29, 0.717) is 25.4 Å². The monoisotopic (exact) mass is 331 g/mol. The fraction of sp³-hybridized carbons (Fsp3) is 0.526. The molecule has 0 aliphatic carbocycles. The largest absolute Gasteiger partial charge is 0.445 e. The van der Waals surface area contributed by atoms with Crippen molar-refractivity contribution in [1.29, 1.82) is 0 Å². The molecule has 1 fully saturated rings. The lowest BCUT2D eigenvalue weighted by Gasteiger charge is -2.32. The molecule has 0 N–H and O–H groups in total. The minimum absolute atomic E-state index is 0.0628. The van der Waals surface area contributed by atoms with E-state index in [9.17, 15) is 14.4 Å². The number of Topliss-reactive ketones (excluding diaryl/α,β-unsaturated/α-hetero) is 2. The normalized spacial score (nSPS) is 15.4. The SMILES string of the molecule is CC(=O)C(CC1CCN(C(=O)OCc2ccccc2)CC1)C(C)=O. The number of likely N-dealkylation sites (tertiary alicyclic amines) is 1. The maximum absolute atomic E-state index is 12.1. The van der Waals surface area contributed by atoms with Crippen molar-refractivity contribution in [3.63, 3.8) is 0 Å². The summed E-state index contributed by atoms with van der Waals surface area (Å²) in [6.07, 6.45) is 1.90. The number of ether oxygens (including phenoxy) is 1. The highest BCUT2D eigenvalue weighted by Gasteiger charge is 2.28. The summed E-state index contributed by atoms with van der Waals surface area (Å²) in [5.74, 6) is -0.313. The number of ketones is 2. The predicted octanol–water partition coefficient (Wildman–Crippen LogP) is 3.22. The average Bonchev–Trinajstić information content (AvgIpc) is 2.58. The average molecular weight is 331 g/mol. The van der Waals surface area contributed by atoms with E-state index in [1.54, 1.807) is 4.90 Å². The molecule has 1 aromatic carbocycles. The van der Waals surface area contributed by atoms with Crippen LogP contribution < -0.4 is 0 Å². The van der Waals surface area contributed by atoms with Crippen LogP contribution in [-0.2, 0) is 20.9 Å². The molecule has 2 rings (SSSR count). The van der Waals surface area contributed by atoms with Gasteiger partial charge in [0.15, 0.2) is 0 Å². The van der Waals surface area contributed by atoms with Crippen LogP contribution in [0.15, 0.2) is 30.3 Å². The van der Waals surface area contributed by atoms with Gasteiger partial charge in [0.1, 0.15) is 18.2 Å². The first-order valence-electron chi connectivity index (χ1n) is 8.44. The van der Waals surface area contributed by atoms with Crippen LogP contribution in [0, 0.1) is 11.8 Å². The molecule has 0 saturated carbocycles. The summed E-state index contributed by atoms with van der Waals surface area (Å²) in [5.41, 5.74) is 0.964. The quantitative estimate of drug-likeness (QED) is 0.751. The predicted molar refractivity (Wildman–Crippen MR) is 90.4 cm³/mol. The maximum atomic E-state index is 12.1. The van der Waals surface area contributed by atoms with E-state index < -0.39 is 5.92 Å². The van der Waals surface area contributed by atoms with E-state index >= 15 is 0 Å². The summed E-state index contributed by atoms with van der Waals surface area (Å²) in [6, 6.07) is 9.59. The third-order valence-electron chi connectivity index (χ3n) is 4.63. The van der Waals surface area contributed by atoms with Gasteiger partial charge < -0.3 is 9.64 Å². The van der Waals surface area contributed by atoms with Gasteiger partial charge in [-0.05, 0) is 44.6 Å². The zero-order valence-electron chi connectivity index (χ0n) is 14.4. The van der Waals surface area contributed by atoms with Crippen LogP contribution in [0.5, 0.6) is 0 Å². The van der Waals surface area contributed by atoms with Crippen molar-refractivity contribution in [2.45, 2.75) is 39.7 Å². The summed E-state index contributed by atoms with van der Waals surface area (Å²) < 4.78 is 5.34. The lowest BCUT2D eigenvalue weighted by atomic mass is 9.84. The Labute approximate surface area is 143 Å². The van der Waals surface area contributed by atoms with Gasteiger partial charge in [0, 0.05) is 13.1 Å². The Morgan fingerprint density at radius 2 is 1.67 bits per heavy atom. The molecule has 0 atom stereocenters. The Morgan fingerprint density at radius 3 is 2.21 bits per heavy atom. The zero-order valence-corrected chi connectivity index (χ0v) is 14.4.